The van der Waals surface area contributed by atoms with Crippen LogP contribution < -0.4 is 0 Å². The van der Waals surface area contributed by atoms with Gasteiger partial charge in [0, 0.05) is 43.0 Å². The van der Waals surface area contributed by atoms with Crippen LogP contribution in [-0.2, 0) is 45.6 Å². The molecular weight excluding hydrogens is 745 g/mol. The van der Waals surface area contributed by atoms with E-state index >= 15 is 0 Å². The minimum atomic E-state index is -3.98. The minimum Gasteiger partial charge on any atom is -0.436 e. The van der Waals surface area contributed by atoms with Gasteiger partial charge in [-0.15, -0.1) is 0 Å². The topological polar surface area (TPSA) is 122 Å². The van der Waals surface area contributed by atoms with Crippen LogP contribution in [0.2, 0.25) is 78.7 Å². The van der Waals surface area contributed by atoms with E-state index in [1.807, 2.05) is 27.7 Å². The fourth-order valence-corrected chi connectivity index (χ4v) is 60.8. The molecule has 0 aromatic carbocycles. The lowest BCUT2D eigenvalue weighted by Gasteiger charge is -2.58. The summed E-state index contributed by atoms with van der Waals surface area (Å²) in [6.45, 7) is 25.2. The molecule has 46 heavy (non-hydrogen) atoms. The normalized spacial score (nSPS) is 40.6. The third kappa shape index (κ3) is 8.40. The summed E-state index contributed by atoms with van der Waals surface area (Å²) in [6.07, 6.45) is 0. The molecule has 3 heterocycles. The van der Waals surface area contributed by atoms with Crippen LogP contribution in [0, 0.1) is 0 Å². The molecule has 5 unspecified atom stereocenters. The summed E-state index contributed by atoms with van der Waals surface area (Å²) in [7, 11) is -28.4. The maximum atomic E-state index is 12.2. The molecule has 0 aromatic rings. The molecular formula is C25H64O12Si9. The van der Waals surface area contributed by atoms with E-state index in [1.54, 1.807) is 7.11 Å². The second kappa shape index (κ2) is 15.6. The zero-order valence-electron chi connectivity index (χ0n) is 30.9. The van der Waals surface area contributed by atoms with E-state index in [0.29, 0.717) is 41.9 Å². The molecule has 3 aliphatic rings. The predicted molar refractivity (Wildman–Crippen MR) is 198 cm³/mol. The summed E-state index contributed by atoms with van der Waals surface area (Å²) in [6, 6.07) is 6.72. The van der Waals surface area contributed by atoms with Crippen LogP contribution in [0.4, 0.5) is 0 Å². The monoisotopic (exact) mass is 808 g/mol. The fourth-order valence-electron chi connectivity index (χ4n) is 6.31. The van der Waals surface area contributed by atoms with E-state index in [1.165, 1.54) is 0 Å². The lowest BCUT2D eigenvalue weighted by molar-refractivity contribution is 0.0510. The quantitative estimate of drug-likeness (QED) is 0.159. The van der Waals surface area contributed by atoms with Gasteiger partial charge in [0.05, 0.1) is 0 Å². The molecule has 7 atom stereocenters. The van der Waals surface area contributed by atoms with Crippen molar-refractivity contribution in [3.05, 3.63) is 0 Å². The van der Waals surface area contributed by atoms with Gasteiger partial charge in [-0.25, -0.2) is 0 Å². The first-order valence-corrected chi connectivity index (χ1v) is 37.0. The molecule has 3 saturated heterocycles. The third-order valence-corrected chi connectivity index (χ3v) is 53.8. The van der Waals surface area contributed by atoms with Crippen LogP contribution in [0.3, 0.4) is 0 Å². The molecule has 3 aliphatic heterocycles. The summed E-state index contributed by atoms with van der Waals surface area (Å²) < 4.78 is 78.5. The largest absolute Gasteiger partial charge is 0.484 e. The predicted octanol–water partition coefficient (Wildman–Crippen LogP) is 7.19. The van der Waals surface area contributed by atoms with Crippen molar-refractivity contribution in [2.45, 2.75) is 155 Å². The van der Waals surface area contributed by atoms with Crippen molar-refractivity contribution in [2.75, 3.05) is 7.11 Å². The average Bonchev–Trinajstić information content (AvgIpc) is 3.05. The lowest BCUT2D eigenvalue weighted by Crippen LogP contribution is -2.81. The Hall–Kier alpha value is 1.47. The van der Waals surface area contributed by atoms with Gasteiger partial charge in [-0.2, -0.15) is 0 Å². The molecule has 1 N–H and O–H groups in total. The van der Waals surface area contributed by atoms with Crippen molar-refractivity contribution in [1.29, 1.82) is 0 Å². The summed E-state index contributed by atoms with van der Waals surface area (Å²) in [5, 5.41) is 0. The van der Waals surface area contributed by atoms with Crippen LogP contribution in [0.5, 0.6) is 0 Å². The Morgan fingerprint density at radius 2 is 1.00 bits per heavy atom. The van der Waals surface area contributed by atoms with Crippen molar-refractivity contribution < 1.29 is 50.4 Å². The smallest absolute Gasteiger partial charge is 0.436 e. The van der Waals surface area contributed by atoms with Gasteiger partial charge in [0.25, 0.3) is 0 Å². The molecule has 4 bridgehead atoms. The Kier molecular flexibility index (Phi) is 14.2. The molecule has 272 valence electrons. The van der Waals surface area contributed by atoms with Gasteiger partial charge in [-0.1, -0.05) is 76.2 Å². The summed E-state index contributed by atoms with van der Waals surface area (Å²) >= 11 is 0. The van der Waals surface area contributed by atoms with E-state index in [2.05, 4.69) is 55.0 Å². The first kappa shape index (κ1) is 41.9. The Bertz CT molecular complexity index is 1010. The van der Waals surface area contributed by atoms with Gasteiger partial charge < -0.3 is 50.4 Å². The number of rotatable bonds is 16. The molecule has 0 aliphatic carbocycles. The summed E-state index contributed by atoms with van der Waals surface area (Å²) in [5.74, 6) is 0. The average molecular weight is 810 g/mol. The number of hydrogen-bond donors (Lipinski definition) is 1. The van der Waals surface area contributed by atoms with Crippen LogP contribution in [-0.4, -0.2) is 89.9 Å². The Balaban J connectivity index is 2.39. The standard InChI is InChI=1S/C25H64O12Si9/c1-14-38(13,15-2)28-39(16-3,17-4)29-44(22-9)31-40(18-5)25-41(19-6)32-45(23-10,36-43(21-8,27-12)30-40)34-42(26,20-7)35-46(24-11,33-41)37-44/h26H,14-25H2,1-13H3/t40?,41-,42?,43-,44?,45?,46?/m0/s1. The maximum absolute atomic E-state index is 12.2. The van der Waals surface area contributed by atoms with Crippen molar-refractivity contribution in [3.8, 4) is 0 Å². The molecule has 0 amide bonds. The Morgan fingerprint density at radius 1 is 0.543 bits per heavy atom. The van der Waals surface area contributed by atoms with Crippen LogP contribution in [0.15, 0.2) is 0 Å². The van der Waals surface area contributed by atoms with Crippen LogP contribution in [0.25, 0.3) is 0 Å². The lowest BCUT2D eigenvalue weighted by atomic mass is 10.9. The number of fused-ring (bicyclic) bond motifs is 3. The van der Waals surface area contributed by atoms with Crippen LogP contribution in [0.1, 0.15) is 76.2 Å². The second-order valence-electron chi connectivity index (χ2n) is 12.9. The van der Waals surface area contributed by atoms with E-state index in [4.69, 9.17) is 45.6 Å². The highest BCUT2D eigenvalue weighted by atomic mass is 28.6. The maximum Gasteiger partial charge on any atom is 0.484 e. The fraction of sp³-hybridized carbons (Fsp3) is 1.00. The van der Waals surface area contributed by atoms with E-state index < -0.39 is 78.0 Å². The zero-order chi connectivity index (χ0) is 34.8. The van der Waals surface area contributed by atoms with Crippen molar-refractivity contribution in [2.24, 2.45) is 0 Å². The Morgan fingerprint density at radius 3 is 1.37 bits per heavy atom. The van der Waals surface area contributed by atoms with E-state index in [0.717, 1.165) is 24.2 Å². The first-order chi connectivity index (χ1) is 21.5. The molecule has 3 fully saturated rings. The minimum absolute atomic E-state index is 0.240. The van der Waals surface area contributed by atoms with Gasteiger partial charge in [0.15, 0.2) is 8.32 Å². The molecule has 0 radical (unpaired) electrons. The van der Waals surface area contributed by atoms with Crippen LogP contribution >= 0.6 is 0 Å². The highest BCUT2D eigenvalue weighted by Crippen LogP contribution is 2.49. The Labute approximate surface area is 289 Å². The SMILES string of the molecule is CC[Si](C)(CC)O[Si](CC)(CC)O[Si]1(CC)O[Si]2(CC)C[Si@]3(CC)O[Si](CC)(O[Si](O)(CC)O[Si](CC)(O3)O[Si@@](CC)(OC)O2)O1. The molecule has 0 aromatic heterocycles. The zero-order valence-corrected chi connectivity index (χ0v) is 39.9. The third-order valence-electron chi connectivity index (χ3n) is 10.1. The summed E-state index contributed by atoms with van der Waals surface area (Å²) in [4.78, 5) is 12.2. The molecule has 3 rings (SSSR count). The number of hydrogen-bond acceptors (Lipinski definition) is 12. The van der Waals surface area contributed by atoms with Gasteiger partial charge in [0.1, 0.15) is 0 Å². The second-order valence-corrected chi connectivity index (χ2v) is 45.9. The summed E-state index contributed by atoms with van der Waals surface area (Å²) in [5.41, 5.74) is 0.488. The highest BCUT2D eigenvalue weighted by molar-refractivity contribution is 7.03. The van der Waals surface area contributed by atoms with Gasteiger partial charge in [0.2, 0.25) is 0 Å². The first-order valence-electron chi connectivity index (χ1n) is 17.8. The van der Waals surface area contributed by atoms with Gasteiger partial charge in [-0.3, -0.25) is 0 Å². The highest BCUT2D eigenvalue weighted by Gasteiger charge is 2.75. The van der Waals surface area contributed by atoms with Gasteiger partial charge >= 0.3 is 69.7 Å². The van der Waals surface area contributed by atoms with Gasteiger partial charge in [-0.05, 0) is 42.8 Å². The molecule has 0 saturated carbocycles. The molecule has 0 spiro atoms. The van der Waals surface area contributed by atoms with Crippen molar-refractivity contribution in [1.82, 2.24) is 0 Å². The molecule has 21 heteroatoms. The van der Waals surface area contributed by atoms with E-state index in [9.17, 15) is 4.80 Å². The van der Waals surface area contributed by atoms with Crippen molar-refractivity contribution >= 4 is 78.0 Å². The van der Waals surface area contributed by atoms with E-state index in [-0.39, 0.29) is 6.04 Å². The molecule has 12 nitrogen and oxygen atoms in total. The van der Waals surface area contributed by atoms with Crippen molar-refractivity contribution in [3.63, 3.8) is 0 Å².